The Morgan fingerprint density at radius 1 is 1.06 bits per heavy atom. The van der Waals surface area contributed by atoms with Gasteiger partial charge in [0.15, 0.2) is 11.6 Å². The van der Waals surface area contributed by atoms with Crippen LogP contribution in [0.1, 0.15) is 27.2 Å². The molecule has 0 radical (unpaired) electrons. The lowest BCUT2D eigenvalue weighted by Crippen LogP contribution is -2.04. The van der Waals surface area contributed by atoms with E-state index >= 15 is 0 Å². The minimum absolute atomic E-state index is 0.0114. The van der Waals surface area contributed by atoms with E-state index < -0.39 is 5.97 Å². The molecule has 0 aliphatic rings. The van der Waals surface area contributed by atoms with Crippen LogP contribution in [-0.4, -0.2) is 37.6 Å². The van der Waals surface area contributed by atoms with Gasteiger partial charge in [-0.15, -0.1) is 0 Å². The van der Waals surface area contributed by atoms with Crippen LogP contribution < -0.4 is 10.7 Å². The standard InChI is InChI=1S/C24H18ClN7O4/c1-12-4-3-5-18(13(12)2)27-20-21(29-23-22(28-20)31-36-32-23)30-26-11-15-7-9-19(35-15)14-6-8-17(25)16(10-14)24(33)34/h3-11H,1-2H3,(H,33,34)(H,27,28,31)(H,29,30,32)/b26-11+. The molecule has 0 aliphatic carbocycles. The average Bonchev–Trinajstić information content (AvgIpc) is 3.51. The number of nitrogens with zero attached hydrogens (tertiary/aromatic N) is 5. The Labute approximate surface area is 208 Å². The molecule has 5 rings (SSSR count). The van der Waals surface area contributed by atoms with E-state index in [0.717, 1.165) is 16.8 Å². The number of hydrogen-bond donors (Lipinski definition) is 3. The maximum Gasteiger partial charge on any atom is 0.337 e. The largest absolute Gasteiger partial charge is 0.478 e. The maximum absolute atomic E-state index is 11.4. The van der Waals surface area contributed by atoms with Crippen LogP contribution >= 0.6 is 11.6 Å². The fourth-order valence-electron chi connectivity index (χ4n) is 3.39. The van der Waals surface area contributed by atoms with Gasteiger partial charge in [-0.05, 0) is 71.7 Å². The zero-order valence-electron chi connectivity index (χ0n) is 19.0. The number of fused-ring (bicyclic) bond motifs is 1. The molecule has 0 atom stereocenters. The summed E-state index contributed by atoms with van der Waals surface area (Å²) in [7, 11) is 0. The summed E-state index contributed by atoms with van der Waals surface area (Å²) in [6.45, 7) is 4.02. The van der Waals surface area contributed by atoms with E-state index in [2.05, 4.69) is 36.1 Å². The average molecular weight is 504 g/mol. The number of benzene rings is 2. The van der Waals surface area contributed by atoms with E-state index in [9.17, 15) is 9.90 Å². The number of hydrazone groups is 1. The van der Waals surface area contributed by atoms with Crippen LogP contribution in [0.3, 0.4) is 0 Å². The Hall–Kier alpha value is -4.77. The molecule has 180 valence electrons. The fraction of sp³-hybridized carbons (Fsp3) is 0.0833. The highest BCUT2D eigenvalue weighted by Gasteiger charge is 2.15. The molecule has 0 unspecified atom stereocenters. The Morgan fingerprint density at radius 3 is 2.61 bits per heavy atom. The third kappa shape index (κ3) is 4.59. The predicted molar refractivity (Wildman–Crippen MR) is 134 cm³/mol. The van der Waals surface area contributed by atoms with Gasteiger partial charge in [-0.2, -0.15) is 10.1 Å². The summed E-state index contributed by atoms with van der Waals surface area (Å²) in [6, 6.07) is 13.9. The molecule has 3 aromatic heterocycles. The lowest BCUT2D eigenvalue weighted by Gasteiger charge is -2.12. The Kier molecular flexibility index (Phi) is 6.05. The second kappa shape index (κ2) is 9.47. The molecule has 0 amide bonds. The molecular formula is C24H18ClN7O4. The first-order chi connectivity index (χ1) is 17.4. The molecule has 3 heterocycles. The van der Waals surface area contributed by atoms with Crippen LogP contribution in [0, 0.1) is 13.8 Å². The molecule has 2 aromatic carbocycles. The molecule has 11 nitrogen and oxygen atoms in total. The molecule has 0 fully saturated rings. The van der Waals surface area contributed by atoms with E-state index in [0.29, 0.717) is 28.7 Å². The van der Waals surface area contributed by atoms with Gasteiger partial charge >= 0.3 is 5.97 Å². The van der Waals surface area contributed by atoms with Crippen molar-refractivity contribution in [2.45, 2.75) is 13.8 Å². The number of rotatable bonds is 7. The third-order valence-electron chi connectivity index (χ3n) is 5.44. The minimum Gasteiger partial charge on any atom is -0.478 e. The molecule has 0 aliphatic heterocycles. The Morgan fingerprint density at radius 2 is 1.83 bits per heavy atom. The first-order valence-electron chi connectivity index (χ1n) is 10.6. The number of aryl methyl sites for hydroxylation is 1. The summed E-state index contributed by atoms with van der Waals surface area (Å²) in [5.41, 5.74) is 6.90. The molecule has 0 spiro atoms. The van der Waals surface area contributed by atoms with Crippen LogP contribution in [0.5, 0.6) is 0 Å². The molecule has 12 heteroatoms. The van der Waals surface area contributed by atoms with Crippen LogP contribution in [-0.2, 0) is 0 Å². The molecule has 0 bridgehead atoms. The lowest BCUT2D eigenvalue weighted by molar-refractivity contribution is 0.0697. The smallest absolute Gasteiger partial charge is 0.337 e. The number of aromatic carboxylic acids is 1. The molecule has 5 aromatic rings. The van der Waals surface area contributed by atoms with Crippen molar-refractivity contribution in [2.24, 2.45) is 5.10 Å². The summed E-state index contributed by atoms with van der Waals surface area (Å²) in [5, 5.41) is 24.4. The predicted octanol–water partition coefficient (Wildman–Crippen LogP) is 5.43. The normalized spacial score (nSPS) is 11.3. The Bertz CT molecular complexity index is 1630. The van der Waals surface area contributed by atoms with Gasteiger partial charge in [-0.1, -0.05) is 23.7 Å². The van der Waals surface area contributed by atoms with Gasteiger partial charge in [0.2, 0.25) is 11.3 Å². The first kappa shape index (κ1) is 23.0. The fourth-order valence-corrected chi connectivity index (χ4v) is 3.59. The van der Waals surface area contributed by atoms with Crippen molar-refractivity contribution in [2.75, 3.05) is 10.7 Å². The number of furan rings is 1. The van der Waals surface area contributed by atoms with Crippen molar-refractivity contribution in [1.82, 2.24) is 20.3 Å². The highest BCUT2D eigenvalue weighted by atomic mass is 35.5. The zero-order valence-corrected chi connectivity index (χ0v) is 19.7. The highest BCUT2D eigenvalue weighted by Crippen LogP contribution is 2.28. The van der Waals surface area contributed by atoms with Gasteiger partial charge in [-0.25, -0.2) is 14.4 Å². The van der Waals surface area contributed by atoms with Crippen molar-refractivity contribution in [3.63, 3.8) is 0 Å². The Balaban J connectivity index is 1.39. The monoisotopic (exact) mass is 503 g/mol. The van der Waals surface area contributed by atoms with Crippen LogP contribution in [0.25, 0.3) is 22.6 Å². The number of aromatic nitrogens is 4. The third-order valence-corrected chi connectivity index (χ3v) is 5.77. The number of anilines is 3. The lowest BCUT2D eigenvalue weighted by atomic mass is 10.1. The van der Waals surface area contributed by atoms with Gasteiger partial charge in [0, 0.05) is 11.3 Å². The highest BCUT2D eigenvalue weighted by molar-refractivity contribution is 6.33. The molecule has 36 heavy (non-hydrogen) atoms. The molecular weight excluding hydrogens is 486 g/mol. The number of nitrogens with one attached hydrogen (secondary N) is 2. The second-order valence-corrected chi connectivity index (χ2v) is 8.18. The van der Waals surface area contributed by atoms with Gasteiger partial charge in [0.1, 0.15) is 11.5 Å². The summed E-state index contributed by atoms with van der Waals surface area (Å²) < 4.78 is 10.5. The van der Waals surface area contributed by atoms with E-state index in [-0.39, 0.29) is 21.9 Å². The van der Waals surface area contributed by atoms with E-state index in [1.807, 2.05) is 32.0 Å². The van der Waals surface area contributed by atoms with Crippen molar-refractivity contribution in [3.8, 4) is 11.3 Å². The molecule has 0 saturated heterocycles. The van der Waals surface area contributed by atoms with Gasteiger partial charge < -0.3 is 14.8 Å². The number of carbonyl (C=O) groups is 1. The van der Waals surface area contributed by atoms with Crippen molar-refractivity contribution >= 4 is 52.4 Å². The number of carboxylic acids is 1. The summed E-state index contributed by atoms with van der Waals surface area (Å²) >= 11 is 5.95. The van der Waals surface area contributed by atoms with Crippen molar-refractivity contribution in [3.05, 3.63) is 76.0 Å². The minimum atomic E-state index is -1.12. The number of halogens is 1. The van der Waals surface area contributed by atoms with Crippen LogP contribution in [0.15, 0.2) is 62.7 Å². The van der Waals surface area contributed by atoms with Crippen LogP contribution in [0.4, 0.5) is 17.3 Å². The number of hydrogen-bond acceptors (Lipinski definition) is 10. The summed E-state index contributed by atoms with van der Waals surface area (Å²) in [6.07, 6.45) is 1.45. The van der Waals surface area contributed by atoms with Crippen LogP contribution in [0.2, 0.25) is 5.02 Å². The summed E-state index contributed by atoms with van der Waals surface area (Å²) in [5.74, 6) is 0.441. The van der Waals surface area contributed by atoms with Gasteiger partial charge in [0.05, 0.1) is 16.8 Å². The SMILES string of the molecule is Cc1cccc(Nc2nc3nonc3nc2N/N=C/c2ccc(-c3ccc(Cl)c(C(=O)O)c3)o2)c1C. The van der Waals surface area contributed by atoms with E-state index in [1.54, 1.807) is 18.2 Å². The quantitative estimate of drug-likeness (QED) is 0.193. The molecule has 3 N–H and O–H groups in total. The van der Waals surface area contributed by atoms with Crippen molar-refractivity contribution < 1.29 is 18.9 Å². The maximum atomic E-state index is 11.4. The topological polar surface area (TPSA) is 152 Å². The number of carboxylic acid groups (broad SMARTS) is 1. The second-order valence-electron chi connectivity index (χ2n) is 7.78. The van der Waals surface area contributed by atoms with Crippen molar-refractivity contribution in [1.29, 1.82) is 0 Å². The zero-order chi connectivity index (χ0) is 25.2. The van der Waals surface area contributed by atoms with Gasteiger partial charge in [0.25, 0.3) is 0 Å². The molecule has 0 saturated carbocycles. The van der Waals surface area contributed by atoms with E-state index in [4.69, 9.17) is 20.6 Å². The summed E-state index contributed by atoms with van der Waals surface area (Å²) in [4.78, 5) is 20.2. The van der Waals surface area contributed by atoms with Gasteiger partial charge in [-0.3, -0.25) is 5.43 Å². The van der Waals surface area contributed by atoms with E-state index in [1.165, 1.54) is 18.3 Å². The first-order valence-corrected chi connectivity index (χ1v) is 11.0.